The van der Waals surface area contributed by atoms with Crippen molar-refractivity contribution >= 4 is 24.0 Å². The van der Waals surface area contributed by atoms with Crippen LogP contribution in [0.1, 0.15) is 49.4 Å². The van der Waals surface area contributed by atoms with Crippen molar-refractivity contribution in [3.63, 3.8) is 0 Å². The highest BCUT2D eigenvalue weighted by atomic mass is 35.5. The van der Waals surface area contributed by atoms with Gasteiger partial charge in [0, 0.05) is 24.2 Å². The Hall–Kier alpha value is -1.86. The molecule has 8 heteroatoms. The van der Waals surface area contributed by atoms with Crippen LogP contribution in [-0.4, -0.2) is 30.0 Å². The second-order valence-electron chi connectivity index (χ2n) is 6.09. The molecule has 1 amide bonds. The second-order valence-corrected chi connectivity index (χ2v) is 6.09. The molecule has 25 heavy (non-hydrogen) atoms. The third kappa shape index (κ3) is 5.57. The quantitative estimate of drug-likeness (QED) is 0.565. The highest BCUT2D eigenvalue weighted by Gasteiger charge is 2.25. The van der Waals surface area contributed by atoms with E-state index in [2.05, 4.69) is 5.32 Å². The first kappa shape index (κ1) is 21.2. The predicted octanol–water partition coefficient (Wildman–Crippen LogP) is 3.05. The number of nitro groups is 1. The van der Waals surface area contributed by atoms with Crippen LogP contribution < -0.4 is 15.8 Å². The fourth-order valence-corrected chi connectivity index (χ4v) is 3.24. The average molecular weight is 372 g/mol. The molecule has 1 aliphatic carbocycles. The van der Waals surface area contributed by atoms with Gasteiger partial charge in [0.25, 0.3) is 5.91 Å². The van der Waals surface area contributed by atoms with Gasteiger partial charge in [0.1, 0.15) is 0 Å². The standard InChI is InChI=1S/C17H25N3O4.ClH/c1-2-24-16-9-8-13(10-15(16)20(22)23)17(21)19-14(11-18)12-6-4-3-5-7-12;/h8-10,12,14H,2-7,11,18H2,1H3,(H,19,21);1H. The van der Waals surface area contributed by atoms with E-state index in [-0.39, 0.29) is 41.4 Å². The van der Waals surface area contributed by atoms with Crippen LogP contribution in [0.3, 0.4) is 0 Å². The van der Waals surface area contributed by atoms with Crippen molar-refractivity contribution in [2.24, 2.45) is 11.7 Å². The number of hydrogen-bond donors (Lipinski definition) is 2. The number of halogens is 1. The molecule has 3 N–H and O–H groups in total. The summed E-state index contributed by atoms with van der Waals surface area (Å²) in [6.07, 6.45) is 5.67. The number of hydrogen-bond acceptors (Lipinski definition) is 5. The average Bonchev–Trinajstić information content (AvgIpc) is 2.60. The maximum atomic E-state index is 12.5. The summed E-state index contributed by atoms with van der Waals surface area (Å²) in [6, 6.07) is 4.17. The smallest absolute Gasteiger partial charge is 0.311 e. The van der Waals surface area contributed by atoms with Gasteiger partial charge >= 0.3 is 5.69 Å². The molecule has 2 rings (SSSR count). The van der Waals surface area contributed by atoms with Crippen LogP contribution in [-0.2, 0) is 0 Å². The number of nitro benzene ring substituents is 1. The first-order chi connectivity index (χ1) is 11.6. The van der Waals surface area contributed by atoms with Gasteiger partial charge in [0.2, 0.25) is 0 Å². The highest BCUT2D eigenvalue weighted by Crippen LogP contribution is 2.29. The Bertz CT molecular complexity index is 591. The van der Waals surface area contributed by atoms with Crippen molar-refractivity contribution in [2.45, 2.75) is 45.1 Å². The van der Waals surface area contributed by atoms with E-state index in [1.54, 1.807) is 13.0 Å². The van der Waals surface area contributed by atoms with Gasteiger partial charge in [0.15, 0.2) is 5.75 Å². The molecular weight excluding hydrogens is 346 g/mol. The van der Waals surface area contributed by atoms with Gasteiger partial charge in [-0.25, -0.2) is 0 Å². The lowest BCUT2D eigenvalue weighted by molar-refractivity contribution is -0.385. The minimum absolute atomic E-state index is 0. The molecule has 0 saturated heterocycles. The third-order valence-corrected chi connectivity index (χ3v) is 4.51. The number of benzene rings is 1. The van der Waals surface area contributed by atoms with Gasteiger partial charge < -0.3 is 15.8 Å². The van der Waals surface area contributed by atoms with Crippen molar-refractivity contribution < 1.29 is 14.5 Å². The topological polar surface area (TPSA) is 107 Å². The molecule has 1 atom stereocenters. The van der Waals surface area contributed by atoms with Gasteiger partial charge in [-0.15, -0.1) is 12.4 Å². The summed E-state index contributed by atoms with van der Waals surface area (Å²) in [7, 11) is 0. The molecule has 0 heterocycles. The maximum Gasteiger partial charge on any atom is 0.311 e. The van der Waals surface area contributed by atoms with Crippen LogP contribution >= 0.6 is 12.4 Å². The van der Waals surface area contributed by atoms with E-state index in [1.165, 1.54) is 18.6 Å². The molecule has 0 aliphatic heterocycles. The molecule has 1 aliphatic rings. The number of nitrogens with one attached hydrogen (secondary N) is 1. The Morgan fingerprint density at radius 1 is 1.40 bits per heavy atom. The molecule has 1 saturated carbocycles. The molecule has 1 unspecified atom stereocenters. The lowest BCUT2D eigenvalue weighted by atomic mass is 9.84. The third-order valence-electron chi connectivity index (χ3n) is 4.51. The number of amides is 1. The molecule has 140 valence electrons. The zero-order valence-corrected chi connectivity index (χ0v) is 15.2. The molecule has 0 spiro atoms. The van der Waals surface area contributed by atoms with Gasteiger partial charge in [-0.1, -0.05) is 19.3 Å². The van der Waals surface area contributed by atoms with E-state index in [1.807, 2.05) is 0 Å². The summed E-state index contributed by atoms with van der Waals surface area (Å²) in [5.74, 6) is 0.217. The summed E-state index contributed by atoms with van der Waals surface area (Å²) < 4.78 is 5.24. The largest absolute Gasteiger partial charge is 0.487 e. The molecule has 1 aromatic rings. The Morgan fingerprint density at radius 3 is 2.64 bits per heavy atom. The molecule has 0 radical (unpaired) electrons. The van der Waals surface area contributed by atoms with Crippen LogP contribution in [0.25, 0.3) is 0 Å². The van der Waals surface area contributed by atoms with E-state index in [0.29, 0.717) is 19.1 Å². The Morgan fingerprint density at radius 2 is 2.08 bits per heavy atom. The number of nitrogens with two attached hydrogens (primary N) is 1. The second kappa shape index (κ2) is 10.2. The van der Waals surface area contributed by atoms with Crippen molar-refractivity contribution in [1.82, 2.24) is 5.32 Å². The Labute approximate surface area is 153 Å². The fraction of sp³-hybridized carbons (Fsp3) is 0.588. The minimum atomic E-state index is -0.538. The summed E-state index contributed by atoms with van der Waals surface area (Å²) in [6.45, 7) is 2.44. The van der Waals surface area contributed by atoms with Gasteiger partial charge in [-0.05, 0) is 37.8 Å². The van der Waals surface area contributed by atoms with Gasteiger partial charge in [-0.3, -0.25) is 14.9 Å². The predicted molar refractivity (Wildman–Crippen MR) is 98.4 cm³/mol. The van der Waals surface area contributed by atoms with Crippen molar-refractivity contribution in [3.8, 4) is 5.75 Å². The minimum Gasteiger partial charge on any atom is -0.487 e. The molecular formula is C17H26ClN3O4. The van der Waals surface area contributed by atoms with E-state index in [0.717, 1.165) is 25.7 Å². The molecule has 1 aromatic carbocycles. The maximum absolute atomic E-state index is 12.5. The van der Waals surface area contributed by atoms with E-state index in [4.69, 9.17) is 10.5 Å². The zero-order valence-electron chi connectivity index (χ0n) is 14.4. The lowest BCUT2D eigenvalue weighted by Gasteiger charge is -2.30. The van der Waals surface area contributed by atoms with Crippen molar-refractivity contribution in [3.05, 3.63) is 33.9 Å². The van der Waals surface area contributed by atoms with E-state index in [9.17, 15) is 14.9 Å². The van der Waals surface area contributed by atoms with E-state index >= 15 is 0 Å². The first-order valence-corrected chi connectivity index (χ1v) is 8.49. The Kier molecular flexibility index (Phi) is 8.65. The number of carbonyl (C=O) groups is 1. The SMILES string of the molecule is CCOc1ccc(C(=O)NC(CN)C2CCCCC2)cc1[N+](=O)[O-].Cl. The van der Waals surface area contributed by atoms with Crippen LogP contribution in [0.4, 0.5) is 5.69 Å². The van der Waals surface area contributed by atoms with Crippen molar-refractivity contribution in [2.75, 3.05) is 13.2 Å². The normalized spacial score (nSPS) is 15.8. The molecule has 7 nitrogen and oxygen atoms in total. The summed E-state index contributed by atoms with van der Waals surface area (Å²) >= 11 is 0. The van der Waals surface area contributed by atoms with Crippen LogP contribution in [0.15, 0.2) is 18.2 Å². The van der Waals surface area contributed by atoms with Crippen LogP contribution in [0, 0.1) is 16.0 Å². The lowest BCUT2D eigenvalue weighted by Crippen LogP contribution is -2.45. The van der Waals surface area contributed by atoms with E-state index < -0.39 is 4.92 Å². The zero-order chi connectivity index (χ0) is 17.5. The molecule has 0 aromatic heterocycles. The molecule has 0 bridgehead atoms. The summed E-state index contributed by atoms with van der Waals surface area (Å²) in [5.41, 5.74) is 5.88. The van der Waals surface area contributed by atoms with Gasteiger partial charge in [-0.2, -0.15) is 0 Å². The monoisotopic (exact) mass is 371 g/mol. The van der Waals surface area contributed by atoms with Crippen LogP contribution in [0.2, 0.25) is 0 Å². The van der Waals surface area contributed by atoms with Crippen LogP contribution in [0.5, 0.6) is 5.75 Å². The highest BCUT2D eigenvalue weighted by molar-refractivity contribution is 5.95. The summed E-state index contributed by atoms with van der Waals surface area (Å²) in [4.78, 5) is 23.1. The number of carbonyl (C=O) groups excluding carboxylic acids is 1. The first-order valence-electron chi connectivity index (χ1n) is 8.49. The van der Waals surface area contributed by atoms with Crippen molar-refractivity contribution in [1.29, 1.82) is 0 Å². The number of rotatable bonds is 7. The fourth-order valence-electron chi connectivity index (χ4n) is 3.24. The van der Waals surface area contributed by atoms with Gasteiger partial charge in [0.05, 0.1) is 11.5 Å². The number of ether oxygens (including phenoxy) is 1. The molecule has 1 fully saturated rings. The number of nitrogens with zero attached hydrogens (tertiary/aromatic N) is 1. The Balaban J connectivity index is 0.00000312. The summed E-state index contributed by atoms with van der Waals surface area (Å²) in [5, 5.41) is 14.1.